The Labute approximate surface area is 141 Å². The third-order valence-electron chi connectivity index (χ3n) is 5.71. The van der Waals surface area contributed by atoms with Crippen LogP contribution in [0.25, 0.3) is 0 Å². The van der Waals surface area contributed by atoms with Crippen LogP contribution in [-0.4, -0.2) is 21.0 Å². The van der Waals surface area contributed by atoms with Crippen molar-refractivity contribution in [1.82, 2.24) is 5.32 Å². The SMILES string of the molecule is CCCCNC(=O)C12CCC(C(Br)Br)(C1Br)C2(C)C. The fourth-order valence-electron chi connectivity index (χ4n) is 4.23. The van der Waals surface area contributed by atoms with Gasteiger partial charge in [-0.05, 0) is 24.7 Å². The van der Waals surface area contributed by atoms with Gasteiger partial charge >= 0.3 is 0 Å². The van der Waals surface area contributed by atoms with Gasteiger partial charge in [-0.25, -0.2) is 0 Å². The van der Waals surface area contributed by atoms with E-state index in [0.29, 0.717) is 0 Å². The van der Waals surface area contributed by atoms with E-state index in [1.54, 1.807) is 0 Å². The molecule has 0 saturated heterocycles. The number of halogens is 3. The van der Waals surface area contributed by atoms with Gasteiger partial charge in [0.05, 0.1) is 9.15 Å². The van der Waals surface area contributed by atoms with E-state index in [1.165, 1.54) is 0 Å². The summed E-state index contributed by atoms with van der Waals surface area (Å²) < 4.78 is 0.242. The molecule has 0 spiro atoms. The van der Waals surface area contributed by atoms with Crippen LogP contribution in [0.1, 0.15) is 46.5 Å². The monoisotopic (exact) mass is 457 g/mol. The smallest absolute Gasteiger partial charge is 0.227 e. The number of hydrogen-bond acceptors (Lipinski definition) is 1. The Morgan fingerprint density at radius 1 is 1.37 bits per heavy atom. The van der Waals surface area contributed by atoms with Crippen LogP contribution in [0.3, 0.4) is 0 Å². The van der Waals surface area contributed by atoms with Gasteiger partial charge in [-0.2, -0.15) is 0 Å². The molecule has 0 aromatic carbocycles. The summed E-state index contributed by atoms with van der Waals surface area (Å²) in [7, 11) is 0. The molecule has 3 atom stereocenters. The summed E-state index contributed by atoms with van der Waals surface area (Å²) in [6, 6.07) is 0. The van der Waals surface area contributed by atoms with Crippen molar-refractivity contribution in [3.63, 3.8) is 0 Å². The van der Waals surface area contributed by atoms with E-state index in [0.717, 1.165) is 32.2 Å². The van der Waals surface area contributed by atoms with Crippen molar-refractivity contribution >= 4 is 53.7 Å². The Bertz CT molecular complexity index is 385. The maximum absolute atomic E-state index is 12.7. The molecule has 0 aromatic heterocycles. The number of alkyl halides is 3. The van der Waals surface area contributed by atoms with Gasteiger partial charge in [0.25, 0.3) is 0 Å². The summed E-state index contributed by atoms with van der Waals surface area (Å²) in [5.74, 6) is 0.238. The van der Waals surface area contributed by atoms with Crippen molar-refractivity contribution in [3.8, 4) is 0 Å². The second-order valence-corrected chi connectivity index (χ2v) is 10.4. The Morgan fingerprint density at radius 2 is 2.00 bits per heavy atom. The minimum absolute atomic E-state index is 0.00211. The molecular weight excluding hydrogens is 438 g/mol. The van der Waals surface area contributed by atoms with Gasteiger partial charge in [-0.3, -0.25) is 4.79 Å². The first-order chi connectivity index (χ1) is 8.79. The lowest BCUT2D eigenvalue weighted by molar-refractivity contribution is -0.161. The molecule has 1 N–H and O–H groups in total. The maximum atomic E-state index is 12.7. The third-order valence-corrected chi connectivity index (χ3v) is 8.94. The molecule has 3 aliphatic rings. The molecule has 19 heavy (non-hydrogen) atoms. The highest BCUT2D eigenvalue weighted by Crippen LogP contribution is 2.82. The topological polar surface area (TPSA) is 29.1 Å². The minimum Gasteiger partial charge on any atom is -0.356 e. The zero-order chi connectivity index (χ0) is 14.5. The Hall–Kier alpha value is 0.910. The molecule has 0 heterocycles. The molecule has 3 saturated carbocycles. The number of carbonyl (C=O) groups excluding carboxylic acids is 1. The van der Waals surface area contributed by atoms with E-state index >= 15 is 0 Å². The zero-order valence-electron chi connectivity index (χ0n) is 11.7. The van der Waals surface area contributed by atoms with Crippen LogP contribution in [0, 0.1) is 16.2 Å². The number of nitrogens with one attached hydrogen (secondary N) is 1. The molecular formula is C14H22Br3NO. The number of hydrogen-bond donors (Lipinski definition) is 1. The Balaban J connectivity index is 2.20. The van der Waals surface area contributed by atoms with E-state index < -0.39 is 0 Å². The fraction of sp³-hybridized carbons (Fsp3) is 0.929. The second kappa shape index (κ2) is 5.28. The van der Waals surface area contributed by atoms with Crippen LogP contribution in [0.4, 0.5) is 0 Å². The maximum Gasteiger partial charge on any atom is 0.227 e. The predicted molar refractivity (Wildman–Crippen MR) is 90.2 cm³/mol. The Morgan fingerprint density at radius 3 is 2.42 bits per heavy atom. The molecule has 0 aliphatic heterocycles. The van der Waals surface area contributed by atoms with Crippen LogP contribution >= 0.6 is 47.8 Å². The summed E-state index contributed by atoms with van der Waals surface area (Å²) in [4.78, 5) is 12.9. The van der Waals surface area contributed by atoms with Crippen molar-refractivity contribution in [3.05, 3.63) is 0 Å². The van der Waals surface area contributed by atoms with Crippen LogP contribution in [-0.2, 0) is 4.79 Å². The average molecular weight is 460 g/mol. The number of rotatable bonds is 5. The number of fused-ring (bicyclic) bond motifs is 1. The highest BCUT2D eigenvalue weighted by atomic mass is 79.9. The van der Waals surface area contributed by atoms with Gasteiger partial charge in [-0.1, -0.05) is 75.0 Å². The van der Waals surface area contributed by atoms with E-state index in [-0.39, 0.29) is 30.7 Å². The molecule has 0 radical (unpaired) electrons. The van der Waals surface area contributed by atoms with Crippen molar-refractivity contribution in [2.75, 3.05) is 6.54 Å². The lowest BCUT2D eigenvalue weighted by Crippen LogP contribution is -2.72. The van der Waals surface area contributed by atoms with Crippen molar-refractivity contribution in [1.29, 1.82) is 0 Å². The van der Waals surface area contributed by atoms with Gasteiger partial charge in [-0.15, -0.1) is 0 Å². The van der Waals surface area contributed by atoms with Crippen LogP contribution in [0.2, 0.25) is 0 Å². The van der Waals surface area contributed by atoms with Crippen LogP contribution in [0.5, 0.6) is 0 Å². The summed E-state index contributed by atoms with van der Waals surface area (Å²) in [6.45, 7) is 7.43. The van der Waals surface area contributed by atoms with Crippen molar-refractivity contribution in [2.45, 2.75) is 55.0 Å². The second-order valence-electron chi connectivity index (χ2n) is 6.41. The van der Waals surface area contributed by atoms with Crippen molar-refractivity contribution < 1.29 is 4.79 Å². The van der Waals surface area contributed by atoms with E-state index in [1.807, 2.05) is 0 Å². The van der Waals surface area contributed by atoms with Crippen LogP contribution < -0.4 is 5.32 Å². The molecule has 3 aliphatic carbocycles. The van der Waals surface area contributed by atoms with E-state index in [2.05, 4.69) is 73.9 Å². The zero-order valence-corrected chi connectivity index (χ0v) is 16.5. The number of carbonyl (C=O) groups is 1. The number of unbranched alkanes of at least 4 members (excludes halogenated alkanes) is 1. The summed E-state index contributed by atoms with van der Waals surface area (Å²) in [5, 5.41) is 3.15. The molecule has 110 valence electrons. The van der Waals surface area contributed by atoms with Gasteiger partial charge in [0, 0.05) is 16.8 Å². The molecule has 2 nitrogen and oxygen atoms in total. The first-order valence-corrected chi connectivity index (χ1v) is 9.74. The molecule has 1 amide bonds. The molecule has 5 heteroatoms. The van der Waals surface area contributed by atoms with E-state index in [4.69, 9.17) is 0 Å². The highest BCUT2D eigenvalue weighted by molar-refractivity contribution is 9.24. The first kappa shape index (κ1) is 16.3. The summed E-state index contributed by atoms with van der Waals surface area (Å²) in [6.07, 6.45) is 4.23. The predicted octanol–water partition coefficient (Wildman–Crippen LogP) is 4.59. The fourth-order valence-corrected chi connectivity index (χ4v) is 9.15. The molecule has 0 aromatic rings. The minimum atomic E-state index is -0.249. The third kappa shape index (κ3) is 1.79. The lowest BCUT2D eigenvalue weighted by atomic mass is 9.43. The van der Waals surface area contributed by atoms with Gasteiger partial charge in [0.15, 0.2) is 0 Å². The van der Waals surface area contributed by atoms with Crippen LogP contribution in [0.15, 0.2) is 0 Å². The Kier molecular flexibility index (Phi) is 4.52. The normalized spacial score (nSPS) is 39.2. The summed E-state index contributed by atoms with van der Waals surface area (Å²) in [5.41, 5.74) is -0.127. The average Bonchev–Trinajstić information content (AvgIpc) is 2.79. The highest BCUT2D eigenvalue weighted by Gasteiger charge is 2.83. The van der Waals surface area contributed by atoms with Gasteiger partial charge in [0.1, 0.15) is 0 Å². The van der Waals surface area contributed by atoms with Gasteiger partial charge in [0.2, 0.25) is 5.91 Å². The van der Waals surface area contributed by atoms with E-state index in [9.17, 15) is 4.79 Å². The molecule has 3 fully saturated rings. The lowest BCUT2D eigenvalue weighted by Gasteiger charge is -2.66. The molecule has 3 unspecified atom stereocenters. The van der Waals surface area contributed by atoms with Crippen molar-refractivity contribution in [2.24, 2.45) is 16.2 Å². The largest absolute Gasteiger partial charge is 0.356 e. The first-order valence-electron chi connectivity index (χ1n) is 6.99. The quantitative estimate of drug-likeness (QED) is 0.473. The molecule has 2 bridgehead atoms. The van der Waals surface area contributed by atoms with Gasteiger partial charge < -0.3 is 5.32 Å². The molecule has 3 rings (SSSR count). The number of amides is 1. The summed E-state index contributed by atoms with van der Waals surface area (Å²) >= 11 is 11.2. The standard InChI is InChI=1S/C14H22Br3NO/c1-4-5-8-18-11(19)14-7-6-13(9(14)15,10(16)17)12(14,2)3/h9-10H,4-8H2,1-3H3,(H,18,19).